The highest BCUT2D eigenvalue weighted by atomic mass is 16.5. The predicted octanol–water partition coefficient (Wildman–Crippen LogP) is 2.36. The molecule has 1 aromatic rings. The van der Waals surface area contributed by atoms with Crippen molar-refractivity contribution < 1.29 is 4.74 Å². The first-order valence-electron chi connectivity index (χ1n) is 8.42. The molecule has 1 unspecified atom stereocenters. The van der Waals surface area contributed by atoms with Gasteiger partial charge in [0.15, 0.2) is 0 Å². The highest BCUT2D eigenvalue weighted by Crippen LogP contribution is 2.31. The highest BCUT2D eigenvalue weighted by Gasteiger charge is 2.25. The van der Waals surface area contributed by atoms with Crippen LogP contribution in [0.1, 0.15) is 31.4 Å². The van der Waals surface area contributed by atoms with E-state index in [1.165, 1.54) is 18.4 Å². The van der Waals surface area contributed by atoms with Crippen LogP contribution in [0, 0.1) is 5.92 Å². The summed E-state index contributed by atoms with van der Waals surface area (Å²) >= 11 is 0. The number of benzene rings is 1. The second kappa shape index (κ2) is 8.51. The Kier molecular flexibility index (Phi) is 6.68. The molecular weight excluding hydrogens is 274 g/mol. The van der Waals surface area contributed by atoms with E-state index < -0.39 is 0 Å². The number of para-hydroxylation sites is 1. The lowest BCUT2D eigenvalue weighted by atomic mass is 9.95. The van der Waals surface area contributed by atoms with Crippen LogP contribution >= 0.6 is 0 Å². The quantitative estimate of drug-likeness (QED) is 0.840. The van der Waals surface area contributed by atoms with Crippen molar-refractivity contribution in [2.45, 2.75) is 25.8 Å². The molecule has 1 saturated heterocycles. The Morgan fingerprint density at radius 1 is 1.27 bits per heavy atom. The van der Waals surface area contributed by atoms with Gasteiger partial charge in [0.1, 0.15) is 12.4 Å². The number of rotatable bonds is 7. The molecule has 2 N–H and O–H groups in total. The number of hydrogen-bond acceptors (Lipinski definition) is 4. The Bertz CT molecular complexity index is 442. The summed E-state index contributed by atoms with van der Waals surface area (Å²) in [5, 5.41) is 0. The maximum atomic E-state index is 6.11. The van der Waals surface area contributed by atoms with Crippen molar-refractivity contribution in [3.8, 4) is 5.75 Å². The zero-order valence-electron chi connectivity index (χ0n) is 14.3. The molecule has 124 valence electrons. The Morgan fingerprint density at radius 2 is 1.95 bits per heavy atom. The Morgan fingerprint density at radius 3 is 2.59 bits per heavy atom. The zero-order chi connectivity index (χ0) is 15.9. The maximum Gasteiger partial charge on any atom is 0.124 e. The fourth-order valence-corrected chi connectivity index (χ4v) is 3.04. The van der Waals surface area contributed by atoms with Crippen LogP contribution in [0.15, 0.2) is 24.3 Å². The van der Waals surface area contributed by atoms with Crippen LogP contribution in [-0.4, -0.2) is 56.7 Å². The van der Waals surface area contributed by atoms with E-state index in [1.807, 2.05) is 6.07 Å². The minimum Gasteiger partial charge on any atom is -0.492 e. The van der Waals surface area contributed by atoms with Gasteiger partial charge in [-0.25, -0.2) is 0 Å². The molecule has 4 nitrogen and oxygen atoms in total. The first-order valence-corrected chi connectivity index (χ1v) is 8.42. The van der Waals surface area contributed by atoms with Gasteiger partial charge < -0.3 is 15.4 Å². The molecule has 0 radical (unpaired) electrons. The topological polar surface area (TPSA) is 41.7 Å². The Labute approximate surface area is 135 Å². The van der Waals surface area contributed by atoms with Gasteiger partial charge in [-0.05, 0) is 52.0 Å². The molecule has 0 bridgehead atoms. The lowest BCUT2D eigenvalue weighted by molar-refractivity contribution is 0.138. The number of ether oxygens (including phenoxy) is 1. The van der Waals surface area contributed by atoms with E-state index in [2.05, 4.69) is 49.0 Å². The molecule has 1 aliphatic heterocycles. The third-order valence-corrected chi connectivity index (χ3v) is 4.56. The van der Waals surface area contributed by atoms with E-state index >= 15 is 0 Å². The van der Waals surface area contributed by atoms with Crippen molar-refractivity contribution >= 4 is 0 Å². The average Bonchev–Trinajstić information content (AvgIpc) is 2.51. The largest absolute Gasteiger partial charge is 0.492 e. The predicted molar refractivity (Wildman–Crippen MR) is 92.3 cm³/mol. The molecule has 1 aromatic carbocycles. The van der Waals surface area contributed by atoms with E-state index in [9.17, 15) is 0 Å². The molecule has 2 rings (SSSR count). The van der Waals surface area contributed by atoms with Gasteiger partial charge >= 0.3 is 0 Å². The summed E-state index contributed by atoms with van der Waals surface area (Å²) in [6.45, 7) is 6.88. The molecule has 1 atom stereocenters. The summed E-state index contributed by atoms with van der Waals surface area (Å²) in [4.78, 5) is 4.66. The standard InChI is InChI=1S/C18H31N3O/c1-15-8-10-21(11-9-15)17(14-19)16-6-4-5-7-18(16)22-13-12-20(2)3/h4-7,15,17H,8-14,19H2,1-3H3. The molecule has 1 heterocycles. The molecule has 0 spiro atoms. The first kappa shape index (κ1) is 17.3. The van der Waals surface area contributed by atoms with Gasteiger partial charge in [-0.2, -0.15) is 0 Å². The highest BCUT2D eigenvalue weighted by molar-refractivity contribution is 5.36. The summed E-state index contributed by atoms with van der Waals surface area (Å²) in [7, 11) is 4.12. The normalized spacial score (nSPS) is 18.6. The Hall–Kier alpha value is -1.10. The summed E-state index contributed by atoms with van der Waals surface area (Å²) < 4.78 is 6.02. The van der Waals surface area contributed by atoms with Crippen LogP contribution in [-0.2, 0) is 0 Å². The molecular formula is C18H31N3O. The summed E-state index contributed by atoms with van der Waals surface area (Å²) in [6.07, 6.45) is 2.53. The number of piperidine rings is 1. The lowest BCUT2D eigenvalue weighted by Crippen LogP contribution is -2.39. The first-order chi connectivity index (χ1) is 10.6. The van der Waals surface area contributed by atoms with Crippen LogP contribution < -0.4 is 10.5 Å². The third kappa shape index (κ3) is 4.70. The minimum absolute atomic E-state index is 0.267. The van der Waals surface area contributed by atoms with Crippen molar-refractivity contribution in [1.29, 1.82) is 0 Å². The minimum atomic E-state index is 0.267. The van der Waals surface area contributed by atoms with Gasteiger partial charge in [0.2, 0.25) is 0 Å². The van der Waals surface area contributed by atoms with Gasteiger partial charge in [0.25, 0.3) is 0 Å². The van der Waals surface area contributed by atoms with E-state index in [0.29, 0.717) is 13.2 Å². The maximum absolute atomic E-state index is 6.11. The van der Waals surface area contributed by atoms with Crippen LogP contribution in [0.2, 0.25) is 0 Å². The molecule has 0 saturated carbocycles. The second-order valence-corrected chi connectivity index (χ2v) is 6.66. The second-order valence-electron chi connectivity index (χ2n) is 6.66. The number of nitrogens with zero attached hydrogens (tertiary/aromatic N) is 2. The molecule has 0 amide bonds. The van der Waals surface area contributed by atoms with Crippen LogP contribution in [0.4, 0.5) is 0 Å². The lowest BCUT2D eigenvalue weighted by Gasteiger charge is -2.37. The molecule has 0 aliphatic carbocycles. The van der Waals surface area contributed by atoms with Crippen molar-refractivity contribution in [2.75, 3.05) is 46.9 Å². The fraction of sp³-hybridized carbons (Fsp3) is 0.667. The zero-order valence-corrected chi connectivity index (χ0v) is 14.3. The van der Waals surface area contributed by atoms with E-state index in [-0.39, 0.29) is 6.04 Å². The monoisotopic (exact) mass is 305 g/mol. The molecule has 0 aromatic heterocycles. The van der Waals surface area contributed by atoms with Gasteiger partial charge in [-0.3, -0.25) is 4.90 Å². The average molecular weight is 305 g/mol. The summed E-state index contributed by atoms with van der Waals surface area (Å²) in [6, 6.07) is 8.63. The number of likely N-dealkylation sites (tertiary alicyclic amines) is 1. The van der Waals surface area contributed by atoms with E-state index in [0.717, 1.165) is 31.3 Å². The molecule has 4 heteroatoms. The summed E-state index contributed by atoms with van der Waals surface area (Å²) in [5.74, 6) is 1.82. The van der Waals surface area contributed by atoms with Gasteiger partial charge in [0, 0.05) is 18.7 Å². The third-order valence-electron chi connectivity index (χ3n) is 4.56. The number of hydrogen-bond donors (Lipinski definition) is 1. The van der Waals surface area contributed by atoms with Gasteiger partial charge in [0.05, 0.1) is 6.04 Å². The van der Waals surface area contributed by atoms with Gasteiger partial charge in [-0.1, -0.05) is 25.1 Å². The number of likely N-dealkylation sites (N-methyl/N-ethyl adjacent to an activating group) is 1. The van der Waals surface area contributed by atoms with E-state index in [4.69, 9.17) is 10.5 Å². The van der Waals surface area contributed by atoms with Crippen LogP contribution in [0.3, 0.4) is 0 Å². The fourth-order valence-electron chi connectivity index (χ4n) is 3.04. The smallest absolute Gasteiger partial charge is 0.124 e. The van der Waals surface area contributed by atoms with E-state index in [1.54, 1.807) is 0 Å². The van der Waals surface area contributed by atoms with Crippen molar-refractivity contribution in [3.63, 3.8) is 0 Å². The molecule has 1 fully saturated rings. The van der Waals surface area contributed by atoms with Crippen LogP contribution in [0.5, 0.6) is 5.75 Å². The summed E-state index contributed by atoms with van der Waals surface area (Å²) in [5.41, 5.74) is 7.35. The molecule has 1 aliphatic rings. The SMILES string of the molecule is CC1CCN(C(CN)c2ccccc2OCCN(C)C)CC1. The van der Waals surface area contributed by atoms with Crippen molar-refractivity contribution in [1.82, 2.24) is 9.80 Å². The Balaban J connectivity index is 2.07. The van der Waals surface area contributed by atoms with Gasteiger partial charge in [-0.15, -0.1) is 0 Å². The number of nitrogens with two attached hydrogens (primary N) is 1. The van der Waals surface area contributed by atoms with Crippen molar-refractivity contribution in [3.05, 3.63) is 29.8 Å². The molecule has 22 heavy (non-hydrogen) atoms. The van der Waals surface area contributed by atoms with Crippen LogP contribution in [0.25, 0.3) is 0 Å². The van der Waals surface area contributed by atoms with Crippen molar-refractivity contribution in [2.24, 2.45) is 11.7 Å².